The molecule has 22 heavy (non-hydrogen) atoms. The van der Waals surface area contributed by atoms with Crippen molar-refractivity contribution in [3.05, 3.63) is 24.2 Å². The zero-order chi connectivity index (χ0) is 14.9. The van der Waals surface area contributed by atoms with E-state index in [1.165, 1.54) is 38.2 Å². The molecule has 118 valence electrons. The Labute approximate surface area is 131 Å². The molecule has 0 radical (unpaired) electrons. The van der Waals surface area contributed by atoms with Crippen LogP contribution in [0.2, 0.25) is 0 Å². The van der Waals surface area contributed by atoms with Crippen LogP contribution in [0.3, 0.4) is 0 Å². The summed E-state index contributed by atoms with van der Waals surface area (Å²) in [5, 5.41) is 3.48. The maximum atomic E-state index is 4.93. The van der Waals surface area contributed by atoms with E-state index >= 15 is 0 Å². The van der Waals surface area contributed by atoms with Gasteiger partial charge in [-0.2, -0.15) is 0 Å². The number of nitrogens with one attached hydrogen (secondary N) is 1. The summed E-state index contributed by atoms with van der Waals surface area (Å²) in [6.07, 6.45) is 6.75. The van der Waals surface area contributed by atoms with Crippen molar-refractivity contribution >= 4 is 11.2 Å². The van der Waals surface area contributed by atoms with E-state index < -0.39 is 0 Å². The lowest BCUT2D eigenvalue weighted by Crippen LogP contribution is -2.31. The number of fused-ring (bicyclic) bond motifs is 1. The number of pyridine rings is 1. The predicted molar refractivity (Wildman–Crippen MR) is 88.0 cm³/mol. The van der Waals surface area contributed by atoms with Gasteiger partial charge in [0.05, 0.1) is 6.04 Å². The first-order valence-corrected chi connectivity index (χ1v) is 8.52. The standard InChI is InChI=1S/C17H25N5/c1-21-9-5-13(6-10-21)11-16-20-15-3-2-7-19-17(15)22(16)14-4-8-18-12-14/h2-3,7,13-14,18H,4-6,8-12H2,1H3. The van der Waals surface area contributed by atoms with Gasteiger partial charge >= 0.3 is 0 Å². The summed E-state index contributed by atoms with van der Waals surface area (Å²) in [7, 11) is 2.22. The van der Waals surface area contributed by atoms with Crippen LogP contribution in [0, 0.1) is 5.92 Å². The van der Waals surface area contributed by atoms with Crippen LogP contribution < -0.4 is 5.32 Å². The highest BCUT2D eigenvalue weighted by Gasteiger charge is 2.25. The second kappa shape index (κ2) is 5.97. The van der Waals surface area contributed by atoms with E-state index in [0.717, 1.165) is 36.6 Å². The van der Waals surface area contributed by atoms with Gasteiger partial charge in [0.2, 0.25) is 0 Å². The molecule has 2 aliphatic heterocycles. The Morgan fingerprint density at radius 1 is 1.27 bits per heavy atom. The molecule has 2 fully saturated rings. The fraction of sp³-hybridized carbons (Fsp3) is 0.647. The molecule has 2 aromatic heterocycles. The van der Waals surface area contributed by atoms with Crippen molar-refractivity contribution in [3.63, 3.8) is 0 Å². The number of piperidine rings is 1. The minimum Gasteiger partial charge on any atom is -0.315 e. The molecule has 2 aromatic rings. The van der Waals surface area contributed by atoms with Crippen LogP contribution in [-0.4, -0.2) is 52.7 Å². The topological polar surface area (TPSA) is 46.0 Å². The summed E-state index contributed by atoms with van der Waals surface area (Å²) in [5.74, 6) is 2.01. The first-order chi connectivity index (χ1) is 10.8. The van der Waals surface area contributed by atoms with Crippen LogP contribution in [0.15, 0.2) is 18.3 Å². The molecule has 0 aromatic carbocycles. The average Bonchev–Trinajstić information content (AvgIpc) is 3.16. The lowest BCUT2D eigenvalue weighted by molar-refractivity contribution is 0.216. The zero-order valence-corrected chi connectivity index (χ0v) is 13.3. The van der Waals surface area contributed by atoms with Crippen LogP contribution >= 0.6 is 0 Å². The molecule has 0 bridgehead atoms. The number of hydrogen-bond acceptors (Lipinski definition) is 4. The smallest absolute Gasteiger partial charge is 0.160 e. The minimum atomic E-state index is 0.515. The number of aromatic nitrogens is 3. The van der Waals surface area contributed by atoms with Crippen molar-refractivity contribution in [2.24, 2.45) is 5.92 Å². The van der Waals surface area contributed by atoms with Gasteiger partial charge in [-0.1, -0.05) is 0 Å². The summed E-state index contributed by atoms with van der Waals surface area (Å²) in [6.45, 7) is 4.58. The molecule has 5 nitrogen and oxygen atoms in total. The maximum Gasteiger partial charge on any atom is 0.160 e. The second-order valence-electron chi connectivity index (χ2n) is 6.84. The molecule has 0 spiro atoms. The molecule has 0 saturated carbocycles. The lowest BCUT2D eigenvalue weighted by atomic mass is 9.93. The minimum absolute atomic E-state index is 0.515. The Morgan fingerprint density at radius 2 is 2.14 bits per heavy atom. The Hall–Kier alpha value is -1.46. The summed E-state index contributed by atoms with van der Waals surface area (Å²) in [6, 6.07) is 4.60. The summed E-state index contributed by atoms with van der Waals surface area (Å²) in [5.41, 5.74) is 2.12. The third-order valence-electron chi connectivity index (χ3n) is 5.23. The average molecular weight is 299 g/mol. The third kappa shape index (κ3) is 2.63. The highest BCUT2D eigenvalue weighted by atomic mass is 15.2. The molecule has 1 N–H and O–H groups in total. The number of nitrogens with zero attached hydrogens (tertiary/aromatic N) is 4. The Morgan fingerprint density at radius 3 is 2.91 bits per heavy atom. The number of imidazole rings is 1. The second-order valence-corrected chi connectivity index (χ2v) is 6.84. The molecule has 1 unspecified atom stereocenters. The van der Waals surface area contributed by atoms with Crippen molar-refractivity contribution < 1.29 is 0 Å². The largest absolute Gasteiger partial charge is 0.315 e. The summed E-state index contributed by atoms with van der Waals surface area (Å²) >= 11 is 0. The monoisotopic (exact) mass is 299 g/mol. The van der Waals surface area contributed by atoms with Gasteiger partial charge in [-0.15, -0.1) is 0 Å². The van der Waals surface area contributed by atoms with E-state index in [0.29, 0.717) is 6.04 Å². The normalized spacial score (nSPS) is 24.3. The molecule has 2 aliphatic rings. The van der Waals surface area contributed by atoms with E-state index in [1.807, 2.05) is 12.3 Å². The Kier molecular flexibility index (Phi) is 3.84. The molecular formula is C17H25N5. The molecule has 5 heteroatoms. The SMILES string of the molecule is CN1CCC(Cc2nc3cccnc3n2C2CCNC2)CC1. The van der Waals surface area contributed by atoms with Gasteiger partial charge in [-0.05, 0) is 64.0 Å². The number of hydrogen-bond donors (Lipinski definition) is 1. The van der Waals surface area contributed by atoms with Crippen molar-refractivity contribution in [3.8, 4) is 0 Å². The molecule has 4 rings (SSSR count). The van der Waals surface area contributed by atoms with E-state index in [-0.39, 0.29) is 0 Å². The molecule has 2 saturated heterocycles. The van der Waals surface area contributed by atoms with E-state index in [2.05, 4.69) is 32.9 Å². The van der Waals surface area contributed by atoms with E-state index in [1.54, 1.807) is 0 Å². The van der Waals surface area contributed by atoms with Gasteiger partial charge < -0.3 is 14.8 Å². The first kappa shape index (κ1) is 14.2. The molecule has 0 amide bonds. The molecule has 4 heterocycles. The molecule has 1 atom stereocenters. The van der Waals surface area contributed by atoms with E-state index in [9.17, 15) is 0 Å². The van der Waals surface area contributed by atoms with Crippen LogP contribution in [0.1, 0.15) is 31.1 Å². The summed E-state index contributed by atoms with van der Waals surface area (Å²) in [4.78, 5) is 12.0. The predicted octanol–water partition coefficient (Wildman–Crippen LogP) is 1.85. The quantitative estimate of drug-likeness (QED) is 0.939. The van der Waals surface area contributed by atoms with Crippen LogP contribution in [0.4, 0.5) is 0 Å². The van der Waals surface area contributed by atoms with Gasteiger partial charge in [-0.3, -0.25) is 0 Å². The van der Waals surface area contributed by atoms with Gasteiger partial charge in [0, 0.05) is 19.2 Å². The maximum absolute atomic E-state index is 4.93. The lowest BCUT2D eigenvalue weighted by Gasteiger charge is -2.29. The van der Waals surface area contributed by atoms with Gasteiger partial charge in [0.15, 0.2) is 5.65 Å². The fourth-order valence-electron chi connectivity index (χ4n) is 3.89. The van der Waals surface area contributed by atoms with Crippen molar-refractivity contribution in [1.29, 1.82) is 0 Å². The van der Waals surface area contributed by atoms with Gasteiger partial charge in [0.1, 0.15) is 11.3 Å². The summed E-state index contributed by atoms with van der Waals surface area (Å²) < 4.78 is 2.42. The number of rotatable bonds is 3. The zero-order valence-electron chi connectivity index (χ0n) is 13.3. The van der Waals surface area contributed by atoms with Gasteiger partial charge in [-0.25, -0.2) is 9.97 Å². The third-order valence-corrected chi connectivity index (χ3v) is 5.23. The van der Waals surface area contributed by atoms with E-state index in [4.69, 9.17) is 4.98 Å². The Bertz CT molecular complexity index is 636. The first-order valence-electron chi connectivity index (χ1n) is 8.52. The molecular weight excluding hydrogens is 274 g/mol. The van der Waals surface area contributed by atoms with Crippen molar-refractivity contribution in [2.75, 3.05) is 33.2 Å². The fourth-order valence-corrected chi connectivity index (χ4v) is 3.89. The highest BCUT2D eigenvalue weighted by Crippen LogP contribution is 2.27. The van der Waals surface area contributed by atoms with Gasteiger partial charge in [0.25, 0.3) is 0 Å². The van der Waals surface area contributed by atoms with Crippen LogP contribution in [-0.2, 0) is 6.42 Å². The highest BCUT2D eigenvalue weighted by molar-refractivity contribution is 5.71. The number of likely N-dealkylation sites (tertiary alicyclic amines) is 1. The van der Waals surface area contributed by atoms with Crippen molar-refractivity contribution in [1.82, 2.24) is 24.8 Å². The Balaban J connectivity index is 1.65. The van der Waals surface area contributed by atoms with Crippen molar-refractivity contribution in [2.45, 2.75) is 31.7 Å². The van der Waals surface area contributed by atoms with Crippen LogP contribution in [0.25, 0.3) is 11.2 Å². The molecule has 0 aliphatic carbocycles. The van der Waals surface area contributed by atoms with Crippen LogP contribution in [0.5, 0.6) is 0 Å².